The molecule has 7 nitrogen and oxygen atoms in total. The van der Waals surface area contributed by atoms with Crippen LogP contribution in [0.25, 0.3) is 0 Å². The van der Waals surface area contributed by atoms with Crippen molar-refractivity contribution in [2.24, 2.45) is 35.5 Å². The topological polar surface area (TPSA) is 64.6 Å². The minimum atomic E-state index is -3.56. The van der Waals surface area contributed by atoms with Crippen LogP contribution in [0.4, 0.5) is 0 Å². The maximum atomic E-state index is 7.01. The molecule has 36 heavy (non-hydrogen) atoms. The summed E-state index contributed by atoms with van der Waals surface area (Å²) in [4.78, 5) is 0. The van der Waals surface area contributed by atoms with E-state index < -0.39 is 22.4 Å². The lowest BCUT2D eigenvalue weighted by Gasteiger charge is -2.51. The van der Waals surface area contributed by atoms with Crippen molar-refractivity contribution in [1.29, 1.82) is 0 Å². The molecular weight excluding hydrogens is 492 g/mol. The molecule has 0 aliphatic carbocycles. The lowest BCUT2D eigenvalue weighted by atomic mass is 10.2. The van der Waals surface area contributed by atoms with E-state index >= 15 is 0 Å². The summed E-state index contributed by atoms with van der Waals surface area (Å²) >= 11 is 0. The van der Waals surface area contributed by atoms with Gasteiger partial charge in [-0.25, -0.2) is 0 Å². The van der Waals surface area contributed by atoms with Crippen molar-refractivity contribution in [2.75, 3.05) is 39.6 Å². The molecule has 0 atom stereocenters. The molecule has 1 heterocycles. The Balaban J connectivity index is 3.62. The normalized spacial score (nSPS) is 19.5. The third-order valence-electron chi connectivity index (χ3n) is 5.30. The van der Waals surface area contributed by atoms with Crippen molar-refractivity contribution in [3.05, 3.63) is 0 Å². The molecule has 1 aliphatic heterocycles. The molecule has 0 aromatic heterocycles. The highest BCUT2D eigenvalue weighted by Gasteiger charge is 2.75. The minimum Gasteiger partial charge on any atom is -0.391 e. The Kier molecular flexibility index (Phi) is 14.9. The third kappa shape index (κ3) is 11.1. The summed E-state index contributed by atoms with van der Waals surface area (Å²) in [5.74, 6) is 0.721. The first-order valence-electron chi connectivity index (χ1n) is 14.2. The van der Waals surface area contributed by atoms with Gasteiger partial charge in [0.15, 0.2) is 0 Å². The molecule has 0 saturated carbocycles. The van der Waals surface area contributed by atoms with Gasteiger partial charge in [-0.2, -0.15) is 0 Å². The van der Waals surface area contributed by atoms with E-state index in [1.807, 2.05) is 0 Å². The van der Waals surface area contributed by atoms with Crippen LogP contribution in [0.5, 0.6) is 0 Å². The van der Waals surface area contributed by atoms with Crippen LogP contribution in [0.15, 0.2) is 0 Å². The Morgan fingerprint density at radius 3 is 1.19 bits per heavy atom. The highest BCUT2D eigenvalue weighted by Crippen LogP contribution is 2.44. The molecule has 0 spiro atoms. The van der Waals surface area contributed by atoms with Gasteiger partial charge in [0.25, 0.3) is 5.97 Å². The first-order valence-corrected chi connectivity index (χ1v) is 18.9. The number of rotatable bonds is 18. The summed E-state index contributed by atoms with van der Waals surface area (Å²) in [5, 5.41) is 0. The van der Waals surface area contributed by atoms with Gasteiger partial charge in [-0.15, -0.1) is 0 Å². The van der Waals surface area contributed by atoms with E-state index in [-0.39, 0.29) is 0 Å². The van der Waals surface area contributed by atoms with E-state index in [1.54, 1.807) is 0 Å². The van der Waals surface area contributed by atoms with E-state index in [1.165, 1.54) is 0 Å². The van der Waals surface area contributed by atoms with Gasteiger partial charge in [-0.3, -0.25) is 0 Å². The van der Waals surface area contributed by atoms with Gasteiger partial charge in [0, 0.05) is 38.9 Å². The van der Waals surface area contributed by atoms with Gasteiger partial charge in [0.05, 0.1) is 13.2 Å². The van der Waals surface area contributed by atoms with Crippen LogP contribution in [0, 0.1) is 35.5 Å². The van der Waals surface area contributed by atoms with Gasteiger partial charge in [0.2, 0.25) is 0 Å². The summed E-state index contributed by atoms with van der Waals surface area (Å²) in [6.07, 6.45) is 0.527. The fourth-order valence-electron chi connectivity index (χ4n) is 3.48. The average molecular weight is 551 g/mol. The maximum absolute atomic E-state index is 7.01. The second kappa shape index (κ2) is 15.7. The van der Waals surface area contributed by atoms with Crippen molar-refractivity contribution < 1.29 is 31.6 Å². The van der Waals surface area contributed by atoms with Gasteiger partial charge in [-0.05, 0) is 35.5 Å². The molecule has 1 saturated heterocycles. The number of hydrogen-bond donors (Lipinski definition) is 0. The molecule has 1 fully saturated rings. The van der Waals surface area contributed by atoms with E-state index in [0.29, 0.717) is 87.6 Å². The molecule has 9 heteroatoms. The second-order valence-corrected chi connectivity index (χ2v) is 21.4. The van der Waals surface area contributed by atoms with Crippen LogP contribution >= 0.6 is 0 Å². The predicted molar refractivity (Wildman–Crippen MR) is 149 cm³/mol. The number of ether oxygens (including phenoxy) is 2. The highest BCUT2D eigenvalue weighted by molar-refractivity contribution is 7.29. The van der Waals surface area contributed by atoms with E-state index in [0.717, 1.165) is 0 Å². The van der Waals surface area contributed by atoms with E-state index in [9.17, 15) is 0 Å². The van der Waals surface area contributed by atoms with Crippen LogP contribution in [0.3, 0.4) is 0 Å². The Morgan fingerprint density at radius 2 is 0.861 bits per heavy atom. The summed E-state index contributed by atoms with van der Waals surface area (Å²) in [7, 11) is -6.67. The first kappa shape index (κ1) is 34.2. The zero-order chi connectivity index (χ0) is 27.6. The first-order chi connectivity index (χ1) is 16.7. The van der Waals surface area contributed by atoms with Crippen LogP contribution in [-0.4, -0.2) is 62.0 Å². The van der Waals surface area contributed by atoms with Gasteiger partial charge < -0.3 is 31.6 Å². The Bertz CT molecular complexity index is 561. The zero-order valence-corrected chi connectivity index (χ0v) is 27.5. The largest absolute Gasteiger partial charge is 0.543 e. The quantitative estimate of drug-likeness (QED) is 0.141. The van der Waals surface area contributed by atoms with Crippen molar-refractivity contribution in [3.63, 3.8) is 0 Å². The second-order valence-electron chi connectivity index (χ2n) is 12.8. The van der Waals surface area contributed by atoms with E-state index in [2.05, 4.69) is 83.1 Å². The standard InChI is InChI=1S/C27H58O7Si2/c1-21(2)15-28-27(29-16-22(3)4)13-14-35(30-17-23(5)6,31-18-24(7)8)36(34-27,32-19-25(9)10)33-20-26(11)12/h21-26H,13-20H2,1-12H3. The molecule has 0 bridgehead atoms. The van der Waals surface area contributed by atoms with E-state index in [4.69, 9.17) is 31.6 Å². The maximum Gasteiger partial charge on any atom is 0.543 e. The van der Waals surface area contributed by atoms with Gasteiger partial charge in [-0.1, -0.05) is 83.1 Å². The molecule has 0 amide bonds. The van der Waals surface area contributed by atoms with Crippen LogP contribution in [-0.2, 0) is 31.6 Å². The molecule has 1 rings (SSSR count). The summed E-state index contributed by atoms with van der Waals surface area (Å²) in [6.45, 7) is 28.9. The lowest BCUT2D eigenvalue weighted by molar-refractivity contribution is -0.367. The Morgan fingerprint density at radius 1 is 0.528 bits per heavy atom. The van der Waals surface area contributed by atoms with Crippen molar-refractivity contribution in [2.45, 2.75) is 102 Å². The Labute approximate surface area is 224 Å². The lowest BCUT2D eigenvalue weighted by Crippen LogP contribution is -2.78. The summed E-state index contributed by atoms with van der Waals surface area (Å²) in [5.41, 5.74) is 0. The minimum absolute atomic E-state index is 0.298. The van der Waals surface area contributed by atoms with Crippen LogP contribution in [0.2, 0.25) is 6.04 Å². The molecule has 0 N–H and O–H groups in total. The summed E-state index contributed by atoms with van der Waals surface area (Å²) < 4.78 is 47.0. The average Bonchev–Trinajstić information content (AvgIpc) is 2.77. The van der Waals surface area contributed by atoms with Crippen molar-refractivity contribution >= 4 is 16.4 Å². The molecule has 0 aromatic rings. The van der Waals surface area contributed by atoms with Gasteiger partial charge >= 0.3 is 16.4 Å². The fraction of sp³-hybridized carbons (Fsp3) is 1.00. The highest BCUT2D eigenvalue weighted by atomic mass is 29.3. The molecular formula is C27H58O7Si2. The van der Waals surface area contributed by atoms with Crippen molar-refractivity contribution in [3.8, 4) is 0 Å². The molecule has 1 aliphatic rings. The summed E-state index contributed by atoms with van der Waals surface area (Å²) in [6, 6.07) is 0.644. The molecule has 0 aromatic carbocycles. The SMILES string of the molecule is CC(C)COC1(OCC(C)C)CC[Si](OCC(C)C)(OCC(C)C)[Si](OCC(C)C)(OCC(C)C)O1. The third-order valence-corrected chi connectivity index (χ3v) is 15.7. The predicted octanol–water partition coefficient (Wildman–Crippen LogP) is 6.56. The molecule has 0 unspecified atom stereocenters. The molecule has 0 radical (unpaired) electrons. The zero-order valence-electron chi connectivity index (χ0n) is 25.5. The van der Waals surface area contributed by atoms with Gasteiger partial charge in [0.1, 0.15) is 0 Å². The fourth-order valence-corrected chi connectivity index (χ4v) is 14.5. The Hall–Kier alpha value is 0.154. The monoisotopic (exact) mass is 550 g/mol. The smallest absolute Gasteiger partial charge is 0.391 e. The number of hydrogen-bond acceptors (Lipinski definition) is 7. The van der Waals surface area contributed by atoms with Crippen LogP contribution < -0.4 is 0 Å². The van der Waals surface area contributed by atoms with Crippen molar-refractivity contribution in [1.82, 2.24) is 0 Å². The molecule has 216 valence electrons. The van der Waals surface area contributed by atoms with Crippen LogP contribution in [0.1, 0.15) is 89.5 Å².